The number of carbonyl (C=O) groups excluding carboxylic acids is 2. The van der Waals surface area contributed by atoms with Gasteiger partial charge >= 0.3 is 5.97 Å². The molecule has 7 aliphatic heterocycles. The van der Waals surface area contributed by atoms with Gasteiger partial charge < -0.3 is 190 Å². The molecule has 522 valence electrons. The van der Waals surface area contributed by atoms with Crippen molar-refractivity contribution >= 4 is 17.8 Å². The Morgan fingerprint density at radius 1 is 0.456 bits per heavy atom. The van der Waals surface area contributed by atoms with Crippen molar-refractivity contribution in [2.45, 2.75) is 241 Å². The van der Waals surface area contributed by atoms with Gasteiger partial charge in [0.2, 0.25) is 11.8 Å². The van der Waals surface area contributed by atoms with Gasteiger partial charge in [0.15, 0.2) is 37.7 Å². The number of aliphatic hydroxyl groups excluding tert-OH is 22. The van der Waals surface area contributed by atoms with Crippen LogP contribution in [0, 0.1) is 0 Å². The van der Waals surface area contributed by atoms with E-state index in [1.807, 2.05) is 0 Å². The highest BCUT2D eigenvalue weighted by Gasteiger charge is 2.60. The van der Waals surface area contributed by atoms with E-state index in [4.69, 9.17) is 61.6 Å². The van der Waals surface area contributed by atoms with Crippen LogP contribution in [0.25, 0.3) is 0 Å². The quantitative estimate of drug-likeness (QED) is 0.0427. The zero-order valence-electron chi connectivity index (χ0n) is 47.7. The molecule has 0 aromatic heterocycles. The molecule has 0 bridgehead atoms. The third kappa shape index (κ3) is 15.9. The van der Waals surface area contributed by atoms with Crippen molar-refractivity contribution in [1.82, 2.24) is 10.6 Å². The Bertz CT molecular complexity index is 2290. The van der Waals surface area contributed by atoms with Crippen LogP contribution in [0.2, 0.25) is 0 Å². The molecule has 0 aromatic rings. The summed E-state index contributed by atoms with van der Waals surface area (Å²) in [6, 6.07) is -3.60. The van der Waals surface area contributed by atoms with Gasteiger partial charge in [0, 0.05) is 20.3 Å². The van der Waals surface area contributed by atoms with Crippen LogP contribution in [0.4, 0.5) is 0 Å². The molecule has 25 N–H and O–H groups in total. The van der Waals surface area contributed by atoms with Crippen LogP contribution in [0.5, 0.6) is 0 Å². The third-order valence-corrected chi connectivity index (χ3v) is 16.3. The number of rotatable bonds is 24. The summed E-state index contributed by atoms with van der Waals surface area (Å²) in [5.41, 5.74) is 0. The highest BCUT2D eigenvalue weighted by atomic mass is 16.8. The Morgan fingerprint density at radius 3 is 1.46 bits per heavy atom. The molecule has 0 radical (unpaired) electrons. The Morgan fingerprint density at radius 2 is 0.900 bits per heavy atom. The molecule has 41 heteroatoms. The maximum Gasteiger partial charge on any atom is 0.364 e. The van der Waals surface area contributed by atoms with E-state index >= 15 is 0 Å². The molecule has 2 amide bonds. The predicted molar refractivity (Wildman–Crippen MR) is 272 cm³/mol. The number of nitrogens with one attached hydrogen (secondary N) is 2. The second-order valence-electron chi connectivity index (χ2n) is 22.5. The minimum atomic E-state index is -3.03. The summed E-state index contributed by atoms with van der Waals surface area (Å²) in [5, 5.41) is 252. The van der Waals surface area contributed by atoms with E-state index in [1.165, 1.54) is 0 Å². The van der Waals surface area contributed by atoms with Gasteiger partial charge in [-0.2, -0.15) is 0 Å². The Labute approximate surface area is 508 Å². The van der Waals surface area contributed by atoms with Crippen molar-refractivity contribution < 1.29 is 193 Å². The van der Waals surface area contributed by atoms with Crippen LogP contribution < -0.4 is 10.6 Å². The second kappa shape index (κ2) is 31.7. The van der Waals surface area contributed by atoms with Crippen LogP contribution in [-0.2, 0) is 76.0 Å². The van der Waals surface area contributed by atoms with Gasteiger partial charge in [0.05, 0.1) is 58.4 Å². The van der Waals surface area contributed by atoms with Crippen molar-refractivity contribution in [3.63, 3.8) is 0 Å². The lowest BCUT2D eigenvalue weighted by Crippen LogP contribution is -2.70. The lowest BCUT2D eigenvalue weighted by Gasteiger charge is -2.50. The van der Waals surface area contributed by atoms with Gasteiger partial charge in [0.1, 0.15) is 165 Å². The molecule has 0 aliphatic carbocycles. The lowest BCUT2D eigenvalue weighted by molar-refractivity contribution is -0.397. The lowest BCUT2D eigenvalue weighted by atomic mass is 9.88. The summed E-state index contributed by atoms with van der Waals surface area (Å²) in [5.74, 6) is -6.82. The van der Waals surface area contributed by atoms with Crippen LogP contribution in [0.15, 0.2) is 0 Å². The topological polar surface area (TPSA) is 661 Å². The van der Waals surface area contributed by atoms with E-state index in [2.05, 4.69) is 10.6 Å². The van der Waals surface area contributed by atoms with Crippen molar-refractivity contribution in [3.05, 3.63) is 0 Å². The van der Waals surface area contributed by atoms with Crippen LogP contribution >= 0.6 is 0 Å². The number of carbonyl (C=O) groups is 3. The minimum Gasteiger partial charge on any atom is -0.477 e. The number of aliphatic carboxylic acids is 1. The van der Waals surface area contributed by atoms with Gasteiger partial charge in [-0.1, -0.05) is 0 Å². The zero-order chi connectivity index (χ0) is 66.7. The Balaban J connectivity index is 1.13. The maximum absolute atomic E-state index is 12.9. The third-order valence-electron chi connectivity index (χ3n) is 16.3. The number of carboxylic acid groups (broad SMARTS) is 1. The number of aliphatic hydroxyl groups is 22. The molecular weight excluding hydrogens is 1240 g/mol. The average Bonchev–Trinajstić information content (AvgIpc) is 0.799. The molecule has 7 heterocycles. The molecule has 0 unspecified atom stereocenters. The van der Waals surface area contributed by atoms with Crippen LogP contribution in [-0.4, -0.2) is 402 Å². The van der Waals surface area contributed by atoms with E-state index in [0.717, 1.165) is 13.8 Å². The fourth-order valence-corrected chi connectivity index (χ4v) is 11.3. The first-order chi connectivity index (χ1) is 42.4. The highest BCUT2D eigenvalue weighted by molar-refractivity contribution is 5.76. The first kappa shape index (κ1) is 74.4. The largest absolute Gasteiger partial charge is 0.477 e. The molecule has 90 heavy (non-hydrogen) atoms. The smallest absolute Gasteiger partial charge is 0.364 e. The summed E-state index contributed by atoms with van der Waals surface area (Å²) in [6.45, 7) is -5.57. The van der Waals surface area contributed by atoms with E-state index in [-0.39, 0.29) is 0 Å². The summed E-state index contributed by atoms with van der Waals surface area (Å²) in [6.07, 6.45) is -69.6. The van der Waals surface area contributed by atoms with Crippen molar-refractivity contribution in [2.24, 2.45) is 0 Å². The van der Waals surface area contributed by atoms with E-state index in [1.54, 1.807) is 0 Å². The number of ether oxygens (including phenoxy) is 13. The maximum atomic E-state index is 12.9. The molecule has 0 spiro atoms. The van der Waals surface area contributed by atoms with Crippen molar-refractivity contribution in [3.8, 4) is 0 Å². The first-order valence-electron chi connectivity index (χ1n) is 28.3. The van der Waals surface area contributed by atoms with E-state index in [0.29, 0.717) is 0 Å². The number of carboxylic acids is 1. The SMILES string of the molecule is CC(=O)N[C@H]1[C@H](O[C@@H]2[C@@H](O[C@@H]3[C@H](O)[C@H](O[C@H]4[C@H](O)[C@@H](O)[C@H](O)O[C@@H]4CO)O[C@H](CO[C@H]4O[C@H](CO)[C@@H](O)[C@H](O)[C@@H]4O)[C@H]3O)O[C@H](CO)[C@@H](O)[C@@H]2O)O[C@H](CO)[C@@H](O[C@@H]2O[C@H](CO[C@]3(C(=O)O)C[C@H](O)[C@@H](NC(C)=O)[C@H]([C@H](O)[C@H](O)CO)O3)[C@H](O)[C@H](O)[C@H]2O)[C@@H]1O. The summed E-state index contributed by atoms with van der Waals surface area (Å²) in [7, 11) is 0. The highest BCUT2D eigenvalue weighted by Crippen LogP contribution is 2.39. The van der Waals surface area contributed by atoms with Crippen molar-refractivity contribution in [1.29, 1.82) is 0 Å². The minimum absolute atomic E-state index is 0.812. The molecule has 41 nitrogen and oxygen atoms in total. The monoisotopic (exact) mass is 1320 g/mol. The number of hydrogen-bond acceptors (Lipinski definition) is 38. The fourth-order valence-electron chi connectivity index (χ4n) is 11.3. The zero-order valence-corrected chi connectivity index (χ0v) is 47.7. The Kier molecular flexibility index (Phi) is 26.2. The van der Waals surface area contributed by atoms with Gasteiger partial charge in [-0.05, 0) is 0 Å². The van der Waals surface area contributed by atoms with Crippen molar-refractivity contribution in [2.75, 3.05) is 46.2 Å². The van der Waals surface area contributed by atoms with Gasteiger partial charge in [-0.15, -0.1) is 0 Å². The molecule has 7 saturated heterocycles. The van der Waals surface area contributed by atoms with Gasteiger partial charge in [0.25, 0.3) is 5.79 Å². The molecule has 7 fully saturated rings. The normalized spacial score (nSPS) is 48.5. The molecule has 0 aromatic carbocycles. The molecule has 7 aliphatic rings. The number of hydrogen-bond donors (Lipinski definition) is 25. The molecule has 36 atom stereocenters. The summed E-state index contributed by atoms with van der Waals surface area (Å²) in [4.78, 5) is 37.7. The Hall–Kier alpha value is -2.99. The van der Waals surface area contributed by atoms with Crippen LogP contribution in [0.1, 0.15) is 20.3 Å². The van der Waals surface area contributed by atoms with Gasteiger partial charge in [-0.25, -0.2) is 4.79 Å². The summed E-state index contributed by atoms with van der Waals surface area (Å²) >= 11 is 0. The van der Waals surface area contributed by atoms with E-state index < -0.39 is 291 Å². The molecule has 7 rings (SSSR count). The predicted octanol–water partition coefficient (Wildman–Crippen LogP) is -16.8. The molecular formula is C49H82N2O39. The second-order valence-corrected chi connectivity index (χ2v) is 22.5. The standard InChI is InChI=1S/C49H82N2O39/c1-11(57)50-21-13(59)3-49(48(76)77,90-39(21)23(61)14(60)4-52)79-10-20-26(64)30(68)35(73)45(85-20)86-37-18(8-56)83-43(22(28(37)66)51-12(2)58)89-41-31(69)25(63)16(6-54)82-47(41)88-40-27(65)19(9-78-44-34(72)29(67)24(62)15(5-53)81-44)84-46(36(40)74)87-38-17(7-55)80-42(75)33(71)32(38)70/h13-47,52-56,59-75H,3-10H2,1-2H3,(H,50,57)(H,51,58)(H,76,77)/t13-,14+,15+,16+,17+,18+,19+,20+,21+,22+,23+,24+,25+,26-,27+,28+,29-,30-,31-,32+,33+,34-,35+,36-,37+,38+,39+,40-,41-,42+,43-,44-,45-,46-,47+,49+/m0/s1. The van der Waals surface area contributed by atoms with Crippen LogP contribution in [0.3, 0.4) is 0 Å². The first-order valence-corrected chi connectivity index (χ1v) is 28.3. The van der Waals surface area contributed by atoms with Gasteiger partial charge in [-0.3, -0.25) is 9.59 Å². The fraction of sp³-hybridized carbons (Fsp3) is 0.939. The molecule has 0 saturated carbocycles. The summed E-state index contributed by atoms with van der Waals surface area (Å²) < 4.78 is 74.2. The van der Waals surface area contributed by atoms with E-state index in [9.17, 15) is 132 Å². The average molecular weight is 1320 g/mol. The number of amides is 2.